The highest BCUT2D eigenvalue weighted by Gasteiger charge is 2.10. The maximum absolute atomic E-state index is 12.0. The Morgan fingerprint density at radius 3 is 2.68 bits per heavy atom. The normalized spacial score (nSPS) is 10.5. The molecule has 0 saturated heterocycles. The Labute approximate surface area is 154 Å². The summed E-state index contributed by atoms with van der Waals surface area (Å²) in [5.41, 5.74) is 4.23. The molecule has 0 spiro atoms. The van der Waals surface area contributed by atoms with Gasteiger partial charge in [-0.1, -0.05) is 53.4 Å². The summed E-state index contributed by atoms with van der Waals surface area (Å²) in [4.78, 5) is 12.0. The molecule has 0 bridgehead atoms. The second-order valence-electron chi connectivity index (χ2n) is 5.45. The van der Waals surface area contributed by atoms with Crippen molar-refractivity contribution in [2.75, 3.05) is 16.4 Å². The van der Waals surface area contributed by atoms with Crippen LogP contribution in [-0.2, 0) is 4.79 Å². The largest absolute Gasteiger partial charge is 0.330 e. The topological polar surface area (TPSA) is 66.9 Å². The fourth-order valence-corrected chi connectivity index (χ4v) is 3.73. The number of benzene rings is 2. The summed E-state index contributed by atoms with van der Waals surface area (Å²) in [6.07, 6.45) is 0. The van der Waals surface area contributed by atoms with E-state index in [1.165, 1.54) is 34.2 Å². The van der Waals surface area contributed by atoms with Crippen LogP contribution in [0.15, 0.2) is 52.9 Å². The number of aromatic nitrogens is 2. The average molecular weight is 371 g/mol. The van der Waals surface area contributed by atoms with Crippen LogP contribution in [0.25, 0.3) is 0 Å². The minimum Gasteiger partial charge on any atom is -0.330 e. The van der Waals surface area contributed by atoms with Gasteiger partial charge >= 0.3 is 0 Å². The van der Waals surface area contributed by atoms with Crippen molar-refractivity contribution in [1.82, 2.24) is 10.2 Å². The number of anilines is 3. The molecule has 128 valence electrons. The molecule has 0 atom stereocenters. The Balaban J connectivity index is 1.55. The van der Waals surface area contributed by atoms with Crippen molar-refractivity contribution in [3.8, 4) is 0 Å². The van der Waals surface area contributed by atoms with Crippen molar-refractivity contribution in [2.45, 2.75) is 18.2 Å². The van der Waals surface area contributed by atoms with Gasteiger partial charge in [0.2, 0.25) is 11.0 Å². The lowest BCUT2D eigenvalue weighted by atomic mass is 10.1. The van der Waals surface area contributed by atoms with Gasteiger partial charge in [0.1, 0.15) is 0 Å². The summed E-state index contributed by atoms with van der Waals surface area (Å²) < 4.78 is 0.760. The van der Waals surface area contributed by atoms with Crippen LogP contribution >= 0.6 is 23.1 Å². The average Bonchev–Trinajstić information content (AvgIpc) is 3.06. The smallest absolute Gasteiger partial charge is 0.234 e. The molecule has 0 radical (unpaired) electrons. The van der Waals surface area contributed by atoms with E-state index in [-0.39, 0.29) is 5.91 Å². The van der Waals surface area contributed by atoms with Gasteiger partial charge in [-0.25, -0.2) is 0 Å². The maximum Gasteiger partial charge on any atom is 0.234 e. The molecule has 1 aromatic heterocycles. The second kappa shape index (κ2) is 8.13. The molecular weight excluding hydrogens is 352 g/mol. The zero-order valence-electron chi connectivity index (χ0n) is 13.9. The molecule has 25 heavy (non-hydrogen) atoms. The second-order valence-corrected chi connectivity index (χ2v) is 7.65. The number of hydrogen-bond acceptors (Lipinski definition) is 6. The molecule has 0 fully saturated rings. The first-order valence-corrected chi connectivity index (χ1v) is 9.56. The van der Waals surface area contributed by atoms with Crippen molar-refractivity contribution in [3.63, 3.8) is 0 Å². The molecule has 3 rings (SSSR count). The maximum atomic E-state index is 12.0. The van der Waals surface area contributed by atoms with Crippen LogP contribution in [0.2, 0.25) is 0 Å². The Hall–Kier alpha value is -2.38. The number of carbonyl (C=O) groups excluding carboxylic acids is 1. The first-order valence-electron chi connectivity index (χ1n) is 7.76. The van der Waals surface area contributed by atoms with Gasteiger partial charge in [-0.05, 0) is 43.2 Å². The number of carbonyl (C=O) groups is 1. The van der Waals surface area contributed by atoms with Gasteiger partial charge in [-0.15, -0.1) is 10.2 Å². The highest BCUT2D eigenvalue weighted by Crippen LogP contribution is 2.29. The van der Waals surface area contributed by atoms with Crippen molar-refractivity contribution < 1.29 is 4.79 Å². The van der Waals surface area contributed by atoms with Crippen LogP contribution < -0.4 is 10.6 Å². The Morgan fingerprint density at radius 1 is 1.08 bits per heavy atom. The number of aryl methyl sites for hydroxylation is 1. The SMILES string of the molecule is Cc1cccc(Nc2nnc(SCC(=O)Nc3ccccc3)s2)c1C. The molecule has 0 unspecified atom stereocenters. The van der Waals surface area contributed by atoms with Crippen molar-refractivity contribution in [2.24, 2.45) is 0 Å². The minimum atomic E-state index is -0.0598. The standard InChI is InChI=1S/C18H18N4OS2/c1-12-7-6-10-15(13(12)2)20-17-21-22-18(25-17)24-11-16(23)19-14-8-4-3-5-9-14/h3-10H,11H2,1-2H3,(H,19,23)(H,20,21). The van der Waals surface area contributed by atoms with E-state index in [1.54, 1.807) is 0 Å². The molecule has 0 aliphatic rings. The van der Waals surface area contributed by atoms with Crippen LogP contribution in [-0.4, -0.2) is 21.9 Å². The van der Waals surface area contributed by atoms with E-state index in [4.69, 9.17) is 0 Å². The lowest BCUT2D eigenvalue weighted by molar-refractivity contribution is -0.113. The van der Waals surface area contributed by atoms with Crippen LogP contribution in [0, 0.1) is 13.8 Å². The minimum absolute atomic E-state index is 0.0598. The zero-order chi connectivity index (χ0) is 17.6. The van der Waals surface area contributed by atoms with Crippen LogP contribution in [0.4, 0.5) is 16.5 Å². The number of nitrogens with zero attached hydrogens (tertiary/aromatic N) is 2. The third-order valence-electron chi connectivity index (χ3n) is 3.64. The van der Waals surface area contributed by atoms with E-state index < -0.39 is 0 Å². The van der Waals surface area contributed by atoms with Gasteiger partial charge in [0, 0.05) is 11.4 Å². The van der Waals surface area contributed by atoms with Gasteiger partial charge in [-0.2, -0.15) is 0 Å². The van der Waals surface area contributed by atoms with Gasteiger partial charge < -0.3 is 10.6 Å². The number of thioether (sulfide) groups is 1. The lowest BCUT2D eigenvalue weighted by Gasteiger charge is -2.08. The molecule has 0 aliphatic carbocycles. The highest BCUT2D eigenvalue weighted by molar-refractivity contribution is 8.01. The van der Waals surface area contributed by atoms with Crippen LogP contribution in [0.3, 0.4) is 0 Å². The first kappa shape index (κ1) is 17.4. The van der Waals surface area contributed by atoms with Gasteiger partial charge in [0.05, 0.1) is 5.75 Å². The van der Waals surface area contributed by atoms with E-state index in [0.717, 1.165) is 20.8 Å². The number of amides is 1. The highest BCUT2D eigenvalue weighted by atomic mass is 32.2. The predicted octanol–water partition coefficient (Wildman–Crippen LogP) is 4.63. The quantitative estimate of drug-likeness (QED) is 0.619. The fourth-order valence-electron chi connectivity index (χ4n) is 2.17. The molecule has 5 nitrogen and oxygen atoms in total. The Bertz CT molecular complexity index is 865. The number of hydrogen-bond donors (Lipinski definition) is 2. The summed E-state index contributed by atoms with van der Waals surface area (Å²) >= 11 is 2.82. The van der Waals surface area contributed by atoms with E-state index in [0.29, 0.717) is 5.75 Å². The van der Waals surface area contributed by atoms with Gasteiger partial charge in [0.25, 0.3) is 0 Å². The Morgan fingerprint density at radius 2 is 1.88 bits per heavy atom. The Kier molecular flexibility index (Phi) is 5.67. The molecule has 1 heterocycles. The van der Waals surface area contributed by atoms with E-state index in [1.807, 2.05) is 42.5 Å². The number of nitrogens with one attached hydrogen (secondary N) is 2. The third kappa shape index (κ3) is 4.80. The summed E-state index contributed by atoms with van der Waals surface area (Å²) in [5.74, 6) is 0.239. The fraction of sp³-hybridized carbons (Fsp3) is 0.167. The summed E-state index contributed by atoms with van der Waals surface area (Å²) in [7, 11) is 0. The molecule has 0 saturated carbocycles. The number of para-hydroxylation sites is 1. The van der Waals surface area contributed by atoms with E-state index >= 15 is 0 Å². The monoisotopic (exact) mass is 370 g/mol. The molecular formula is C18H18N4OS2. The molecule has 7 heteroatoms. The molecule has 0 aliphatic heterocycles. The summed E-state index contributed by atoms with van der Waals surface area (Å²) in [5, 5.41) is 15.1. The first-order chi connectivity index (χ1) is 12.1. The van der Waals surface area contributed by atoms with Crippen LogP contribution in [0.1, 0.15) is 11.1 Å². The summed E-state index contributed by atoms with van der Waals surface area (Å²) in [6.45, 7) is 4.15. The summed E-state index contributed by atoms with van der Waals surface area (Å²) in [6, 6.07) is 15.5. The third-order valence-corrected chi connectivity index (χ3v) is 5.61. The molecule has 3 aromatic rings. The van der Waals surface area contributed by atoms with E-state index in [2.05, 4.69) is 40.7 Å². The van der Waals surface area contributed by atoms with Crippen molar-refractivity contribution in [3.05, 3.63) is 59.7 Å². The molecule has 2 N–H and O–H groups in total. The zero-order valence-corrected chi connectivity index (χ0v) is 15.6. The predicted molar refractivity (Wildman–Crippen MR) is 105 cm³/mol. The van der Waals surface area contributed by atoms with Gasteiger partial charge in [-0.3, -0.25) is 4.79 Å². The van der Waals surface area contributed by atoms with E-state index in [9.17, 15) is 4.79 Å². The lowest BCUT2D eigenvalue weighted by Crippen LogP contribution is -2.13. The number of rotatable bonds is 6. The molecule has 1 amide bonds. The van der Waals surface area contributed by atoms with Crippen molar-refractivity contribution >= 4 is 45.5 Å². The van der Waals surface area contributed by atoms with Gasteiger partial charge in [0.15, 0.2) is 4.34 Å². The van der Waals surface area contributed by atoms with Crippen molar-refractivity contribution in [1.29, 1.82) is 0 Å². The molecule has 2 aromatic carbocycles. The van der Waals surface area contributed by atoms with Crippen LogP contribution in [0.5, 0.6) is 0 Å².